The van der Waals surface area contributed by atoms with Crippen molar-refractivity contribution in [3.8, 4) is 6.07 Å². The summed E-state index contributed by atoms with van der Waals surface area (Å²) in [5.41, 5.74) is 0.817. The fourth-order valence-electron chi connectivity index (χ4n) is 1.73. The van der Waals surface area contributed by atoms with E-state index in [1.807, 2.05) is 6.07 Å². The first-order valence-corrected chi connectivity index (χ1v) is 7.49. The summed E-state index contributed by atoms with van der Waals surface area (Å²) in [4.78, 5) is 15.8. The zero-order valence-electron chi connectivity index (χ0n) is 12.6. The van der Waals surface area contributed by atoms with Crippen molar-refractivity contribution in [1.82, 2.24) is 10.3 Å². The van der Waals surface area contributed by atoms with Crippen molar-refractivity contribution < 1.29 is 13.6 Å². The third-order valence-corrected chi connectivity index (χ3v) is 3.72. The molecule has 2 rings (SSSR count). The van der Waals surface area contributed by atoms with Gasteiger partial charge in [-0.3, -0.25) is 5.32 Å². The molecule has 1 heterocycles. The Bertz CT molecular complexity index is 909. The first kappa shape index (κ1) is 17.3. The second-order valence-corrected chi connectivity index (χ2v) is 5.65. The Labute approximate surface area is 140 Å². The van der Waals surface area contributed by atoms with Gasteiger partial charge in [0.05, 0.1) is 16.3 Å². The zero-order chi connectivity index (χ0) is 17.7. The fourth-order valence-corrected chi connectivity index (χ4v) is 2.63. The van der Waals surface area contributed by atoms with Crippen LogP contribution in [0.4, 0.5) is 18.7 Å². The predicted molar refractivity (Wildman–Crippen MR) is 89.3 cm³/mol. The number of hydrogen-bond donors (Lipinski definition) is 2. The van der Waals surface area contributed by atoms with Gasteiger partial charge in [-0.25, -0.2) is 18.6 Å². The van der Waals surface area contributed by atoms with Crippen molar-refractivity contribution in [2.75, 3.05) is 5.32 Å². The highest BCUT2D eigenvalue weighted by Crippen LogP contribution is 2.28. The molecule has 2 amide bonds. The third-order valence-electron chi connectivity index (χ3n) is 2.81. The van der Waals surface area contributed by atoms with Crippen LogP contribution in [-0.2, 0) is 0 Å². The highest BCUT2D eigenvalue weighted by Gasteiger charge is 2.12. The van der Waals surface area contributed by atoms with Gasteiger partial charge in [-0.15, -0.1) is 0 Å². The van der Waals surface area contributed by atoms with Crippen LogP contribution >= 0.6 is 11.3 Å². The third kappa shape index (κ3) is 4.24. The topological polar surface area (TPSA) is 77.8 Å². The molecule has 1 aromatic carbocycles. The van der Waals surface area contributed by atoms with E-state index >= 15 is 0 Å². The van der Waals surface area contributed by atoms with Crippen LogP contribution in [0.15, 0.2) is 48.2 Å². The molecule has 0 fully saturated rings. The molecular formula is C16H12F2N4OS. The summed E-state index contributed by atoms with van der Waals surface area (Å²) in [5, 5.41) is 13.9. The van der Waals surface area contributed by atoms with Crippen molar-refractivity contribution in [2.24, 2.45) is 0 Å². The fraction of sp³-hybridized carbons (Fsp3) is 0.0625. The summed E-state index contributed by atoms with van der Waals surface area (Å²) in [6.07, 6.45) is 4.42. The number of nitrogens with zero attached hydrogens (tertiary/aromatic N) is 2. The SMILES string of the molecule is C=C/C(C#N)=C\C=C(/C)NC(=O)Nc1nc2c(F)cc(F)cc2s1. The van der Waals surface area contributed by atoms with Gasteiger partial charge in [0.1, 0.15) is 11.3 Å². The molecule has 0 radical (unpaired) electrons. The summed E-state index contributed by atoms with van der Waals surface area (Å²) >= 11 is 0.956. The standard InChI is InChI=1S/C16H12F2N4OS/c1-3-10(8-19)5-4-9(2)20-15(23)22-16-21-14-12(18)6-11(17)7-13(14)24-16/h3-7H,1H2,2H3,(H2,20,21,22,23)/b9-4+,10-5+. The van der Waals surface area contributed by atoms with E-state index in [0.717, 1.165) is 23.5 Å². The summed E-state index contributed by atoms with van der Waals surface area (Å²) in [6, 6.07) is 3.21. The number of nitrogens with one attached hydrogen (secondary N) is 2. The zero-order valence-corrected chi connectivity index (χ0v) is 13.4. The van der Waals surface area contributed by atoms with E-state index in [9.17, 15) is 13.6 Å². The van der Waals surface area contributed by atoms with E-state index in [1.54, 1.807) is 6.92 Å². The number of fused-ring (bicyclic) bond motifs is 1. The lowest BCUT2D eigenvalue weighted by Crippen LogP contribution is -2.26. The molecular weight excluding hydrogens is 334 g/mol. The average Bonchev–Trinajstić information content (AvgIpc) is 2.90. The number of hydrogen-bond acceptors (Lipinski definition) is 4. The van der Waals surface area contributed by atoms with Gasteiger partial charge in [-0.2, -0.15) is 5.26 Å². The van der Waals surface area contributed by atoms with Crippen LogP contribution in [-0.4, -0.2) is 11.0 Å². The Balaban J connectivity index is 2.09. The Morgan fingerprint density at radius 1 is 1.42 bits per heavy atom. The molecule has 1 aromatic heterocycles. The number of allylic oxidation sites excluding steroid dienone is 5. The first-order chi connectivity index (χ1) is 11.4. The minimum Gasteiger partial charge on any atom is -0.312 e. The minimum atomic E-state index is -0.788. The number of anilines is 1. The smallest absolute Gasteiger partial charge is 0.312 e. The average molecular weight is 346 g/mol. The van der Waals surface area contributed by atoms with Crippen LogP contribution in [0, 0.1) is 23.0 Å². The number of carbonyl (C=O) groups excluding carboxylic acids is 1. The van der Waals surface area contributed by atoms with Gasteiger partial charge in [0.15, 0.2) is 10.9 Å². The van der Waals surface area contributed by atoms with Crippen molar-refractivity contribution in [3.63, 3.8) is 0 Å². The molecule has 0 aliphatic heterocycles. The molecule has 0 bridgehead atoms. The number of benzene rings is 1. The predicted octanol–water partition coefficient (Wildman–Crippen LogP) is 4.24. The second kappa shape index (κ2) is 7.48. The van der Waals surface area contributed by atoms with Crippen molar-refractivity contribution in [1.29, 1.82) is 5.26 Å². The number of urea groups is 1. The largest absolute Gasteiger partial charge is 0.325 e. The molecule has 0 atom stereocenters. The monoisotopic (exact) mass is 346 g/mol. The van der Waals surface area contributed by atoms with Crippen LogP contribution in [0.25, 0.3) is 10.2 Å². The Kier molecular flexibility index (Phi) is 5.39. The van der Waals surface area contributed by atoms with Crippen molar-refractivity contribution in [3.05, 3.63) is 59.8 Å². The number of aromatic nitrogens is 1. The van der Waals surface area contributed by atoms with E-state index in [-0.39, 0.29) is 10.6 Å². The Morgan fingerprint density at radius 2 is 2.17 bits per heavy atom. The molecule has 8 heteroatoms. The lowest BCUT2D eigenvalue weighted by Gasteiger charge is -2.04. The molecule has 5 nitrogen and oxygen atoms in total. The molecule has 0 aliphatic rings. The Hall–Kier alpha value is -3.05. The van der Waals surface area contributed by atoms with E-state index in [0.29, 0.717) is 16.0 Å². The van der Waals surface area contributed by atoms with Crippen molar-refractivity contribution in [2.45, 2.75) is 6.92 Å². The number of nitriles is 1. The molecule has 2 aromatic rings. The quantitative estimate of drug-likeness (QED) is 0.642. The molecule has 0 saturated carbocycles. The summed E-state index contributed by atoms with van der Waals surface area (Å²) in [5.74, 6) is -1.50. The molecule has 0 aliphatic carbocycles. The van der Waals surface area contributed by atoms with E-state index in [1.165, 1.54) is 18.2 Å². The number of halogens is 2. The minimum absolute atomic E-state index is 0.00320. The molecule has 2 N–H and O–H groups in total. The highest BCUT2D eigenvalue weighted by molar-refractivity contribution is 7.22. The maximum Gasteiger partial charge on any atom is 0.325 e. The Morgan fingerprint density at radius 3 is 2.83 bits per heavy atom. The van der Waals surface area contributed by atoms with Gasteiger partial charge in [0, 0.05) is 11.8 Å². The van der Waals surface area contributed by atoms with Crippen LogP contribution in [0.2, 0.25) is 0 Å². The van der Waals surface area contributed by atoms with Crippen molar-refractivity contribution >= 4 is 32.7 Å². The van der Waals surface area contributed by atoms with Gasteiger partial charge < -0.3 is 5.32 Å². The van der Waals surface area contributed by atoms with Crippen LogP contribution in [0.5, 0.6) is 0 Å². The summed E-state index contributed by atoms with van der Waals surface area (Å²) in [6.45, 7) is 5.10. The second-order valence-electron chi connectivity index (χ2n) is 4.62. The molecule has 0 saturated heterocycles. The molecule has 122 valence electrons. The maximum atomic E-state index is 13.6. The molecule has 0 spiro atoms. The normalized spacial score (nSPS) is 11.9. The van der Waals surface area contributed by atoms with Gasteiger partial charge in [0.2, 0.25) is 0 Å². The number of carbonyl (C=O) groups is 1. The number of amides is 2. The first-order valence-electron chi connectivity index (χ1n) is 6.67. The lowest BCUT2D eigenvalue weighted by atomic mass is 10.2. The summed E-state index contributed by atoms with van der Waals surface area (Å²) in [7, 11) is 0. The van der Waals surface area contributed by atoms with Gasteiger partial charge >= 0.3 is 6.03 Å². The van der Waals surface area contributed by atoms with Gasteiger partial charge in [-0.1, -0.05) is 24.0 Å². The highest BCUT2D eigenvalue weighted by atomic mass is 32.1. The maximum absolute atomic E-state index is 13.6. The molecule has 0 unspecified atom stereocenters. The van der Waals surface area contributed by atoms with E-state index in [4.69, 9.17) is 5.26 Å². The van der Waals surface area contributed by atoms with Crippen LogP contribution in [0.1, 0.15) is 6.92 Å². The van der Waals surface area contributed by atoms with E-state index in [2.05, 4.69) is 22.2 Å². The summed E-state index contributed by atoms with van der Waals surface area (Å²) < 4.78 is 27.0. The number of rotatable bonds is 4. The van der Waals surface area contributed by atoms with Crippen LogP contribution in [0.3, 0.4) is 0 Å². The van der Waals surface area contributed by atoms with Gasteiger partial charge in [0.25, 0.3) is 0 Å². The van der Waals surface area contributed by atoms with E-state index < -0.39 is 17.7 Å². The molecule has 24 heavy (non-hydrogen) atoms. The lowest BCUT2D eigenvalue weighted by molar-refractivity contribution is 0.254. The van der Waals surface area contributed by atoms with Gasteiger partial charge in [-0.05, 0) is 25.1 Å². The number of thiazole rings is 1. The van der Waals surface area contributed by atoms with Crippen LogP contribution < -0.4 is 10.6 Å².